The summed E-state index contributed by atoms with van der Waals surface area (Å²) in [6.45, 7) is 1.68. The van der Waals surface area contributed by atoms with E-state index in [1.165, 1.54) is 0 Å². The largest absolute Gasteiger partial charge is 0.497 e. The van der Waals surface area contributed by atoms with Crippen molar-refractivity contribution in [1.82, 2.24) is 9.97 Å². The molecule has 0 saturated carbocycles. The number of halogens is 1. The van der Waals surface area contributed by atoms with Crippen LogP contribution in [0.15, 0.2) is 30.3 Å². The number of nitrogens with zero attached hydrogens (tertiary/aromatic N) is 2. The molecule has 1 aromatic heterocycles. The van der Waals surface area contributed by atoms with Crippen LogP contribution in [0.5, 0.6) is 5.75 Å². The van der Waals surface area contributed by atoms with Crippen molar-refractivity contribution in [3.05, 3.63) is 41.0 Å². The quantitative estimate of drug-likeness (QED) is 0.603. The van der Waals surface area contributed by atoms with Gasteiger partial charge in [-0.05, 0) is 17.7 Å². The van der Waals surface area contributed by atoms with Gasteiger partial charge in [-0.25, -0.2) is 4.98 Å². The molecule has 112 valence electrons. The second-order valence-corrected chi connectivity index (χ2v) is 4.65. The lowest BCUT2D eigenvalue weighted by Crippen LogP contribution is -2.11. The Balaban J connectivity index is 1.69. The average Bonchev–Trinajstić information content (AvgIpc) is 2.46. The number of nitrogens with one attached hydrogen (secondary N) is 1. The molecule has 2 aromatic rings. The van der Waals surface area contributed by atoms with Crippen molar-refractivity contribution in [2.24, 2.45) is 0 Å². The van der Waals surface area contributed by atoms with Crippen LogP contribution in [0.3, 0.4) is 0 Å². The van der Waals surface area contributed by atoms with E-state index in [9.17, 15) is 0 Å². The monoisotopic (exact) mass is 308 g/mol. The van der Waals surface area contributed by atoms with Crippen LogP contribution in [-0.2, 0) is 11.3 Å². The predicted molar refractivity (Wildman–Crippen MR) is 82.6 cm³/mol. The smallest absolute Gasteiger partial charge is 0.223 e. The van der Waals surface area contributed by atoms with Crippen molar-refractivity contribution in [1.29, 1.82) is 0 Å². The van der Waals surface area contributed by atoms with E-state index in [0.717, 1.165) is 11.3 Å². The van der Waals surface area contributed by atoms with E-state index in [1.54, 1.807) is 13.2 Å². The summed E-state index contributed by atoms with van der Waals surface area (Å²) in [5.41, 5.74) is 6.59. The molecule has 3 N–H and O–H groups in total. The van der Waals surface area contributed by atoms with Gasteiger partial charge < -0.3 is 20.5 Å². The van der Waals surface area contributed by atoms with Gasteiger partial charge in [0.2, 0.25) is 5.95 Å². The van der Waals surface area contributed by atoms with Gasteiger partial charge in [0.1, 0.15) is 16.7 Å². The van der Waals surface area contributed by atoms with Crippen molar-refractivity contribution >= 4 is 23.4 Å². The highest BCUT2D eigenvalue weighted by Gasteiger charge is 2.00. The van der Waals surface area contributed by atoms with Gasteiger partial charge in [0, 0.05) is 12.6 Å². The molecule has 0 radical (unpaired) electrons. The van der Waals surface area contributed by atoms with Gasteiger partial charge in [-0.15, -0.1) is 0 Å². The highest BCUT2D eigenvalue weighted by atomic mass is 35.5. The van der Waals surface area contributed by atoms with Gasteiger partial charge in [-0.2, -0.15) is 4.98 Å². The molecule has 1 heterocycles. The van der Waals surface area contributed by atoms with Gasteiger partial charge in [0.05, 0.1) is 20.3 Å². The molecule has 0 saturated heterocycles. The predicted octanol–water partition coefficient (Wildman–Crippen LogP) is 2.35. The second kappa shape index (κ2) is 7.66. The lowest BCUT2D eigenvalue weighted by atomic mass is 10.2. The van der Waals surface area contributed by atoms with Crippen LogP contribution in [0.1, 0.15) is 5.56 Å². The molecule has 0 aliphatic heterocycles. The number of hydrogen-bond donors (Lipinski definition) is 2. The topological polar surface area (TPSA) is 82.3 Å². The molecule has 0 aliphatic carbocycles. The first kappa shape index (κ1) is 15.3. The van der Waals surface area contributed by atoms with E-state index in [0.29, 0.717) is 30.7 Å². The van der Waals surface area contributed by atoms with Crippen molar-refractivity contribution in [2.75, 3.05) is 31.3 Å². The summed E-state index contributed by atoms with van der Waals surface area (Å²) in [6.07, 6.45) is 0. The normalized spacial score (nSPS) is 10.4. The van der Waals surface area contributed by atoms with Crippen LogP contribution < -0.4 is 15.8 Å². The summed E-state index contributed by atoms with van der Waals surface area (Å²) in [6, 6.07) is 9.36. The Kier molecular flexibility index (Phi) is 5.59. The van der Waals surface area contributed by atoms with Crippen LogP contribution in [-0.4, -0.2) is 30.2 Å². The van der Waals surface area contributed by atoms with Gasteiger partial charge in [-0.1, -0.05) is 23.7 Å². The van der Waals surface area contributed by atoms with Gasteiger partial charge >= 0.3 is 0 Å². The van der Waals surface area contributed by atoms with Crippen LogP contribution >= 0.6 is 11.6 Å². The van der Waals surface area contributed by atoms with E-state index >= 15 is 0 Å². The van der Waals surface area contributed by atoms with E-state index in [2.05, 4.69) is 15.3 Å². The average molecular weight is 309 g/mol. The maximum atomic E-state index is 5.78. The first-order valence-electron chi connectivity index (χ1n) is 6.42. The van der Waals surface area contributed by atoms with Crippen molar-refractivity contribution < 1.29 is 9.47 Å². The van der Waals surface area contributed by atoms with Crippen molar-refractivity contribution in [3.8, 4) is 5.75 Å². The summed E-state index contributed by atoms with van der Waals surface area (Å²) >= 11 is 5.78. The van der Waals surface area contributed by atoms with Gasteiger partial charge in [-0.3, -0.25) is 0 Å². The first-order valence-corrected chi connectivity index (χ1v) is 6.80. The van der Waals surface area contributed by atoms with Gasteiger partial charge in [0.15, 0.2) is 0 Å². The minimum atomic E-state index is 0.143. The summed E-state index contributed by atoms with van der Waals surface area (Å²) in [5, 5.41) is 3.38. The number of nitrogen functional groups attached to an aromatic ring is 1. The Hall–Kier alpha value is -2.05. The molecule has 0 fully saturated rings. The summed E-state index contributed by atoms with van der Waals surface area (Å²) in [5.74, 6) is 1.56. The molecule has 1 aromatic carbocycles. The lowest BCUT2D eigenvalue weighted by Gasteiger charge is -2.08. The van der Waals surface area contributed by atoms with Crippen molar-refractivity contribution in [3.63, 3.8) is 0 Å². The maximum Gasteiger partial charge on any atom is 0.223 e. The molecule has 0 spiro atoms. The SMILES string of the molecule is COc1ccc(COCCNc2cc(Cl)nc(N)n2)cc1. The zero-order valence-electron chi connectivity index (χ0n) is 11.7. The maximum absolute atomic E-state index is 5.78. The number of anilines is 2. The molecule has 2 rings (SSSR count). The number of ether oxygens (including phenoxy) is 2. The van der Waals surface area contributed by atoms with E-state index in [4.69, 9.17) is 26.8 Å². The summed E-state index contributed by atoms with van der Waals surface area (Å²) in [4.78, 5) is 7.79. The Labute approximate surface area is 128 Å². The molecular weight excluding hydrogens is 292 g/mol. The number of hydrogen-bond acceptors (Lipinski definition) is 6. The Bertz CT molecular complexity index is 557. The van der Waals surface area contributed by atoms with Gasteiger partial charge in [0.25, 0.3) is 0 Å². The zero-order valence-corrected chi connectivity index (χ0v) is 12.4. The fourth-order valence-corrected chi connectivity index (χ4v) is 1.88. The Morgan fingerprint density at radius 3 is 2.67 bits per heavy atom. The fourth-order valence-electron chi connectivity index (χ4n) is 1.69. The van der Waals surface area contributed by atoms with E-state index < -0.39 is 0 Å². The third-order valence-electron chi connectivity index (χ3n) is 2.69. The summed E-state index contributed by atoms with van der Waals surface area (Å²) < 4.78 is 10.7. The standard InChI is InChI=1S/C14H17ClN4O2/c1-20-11-4-2-10(3-5-11)9-21-7-6-17-13-8-12(15)18-14(16)19-13/h2-5,8H,6-7,9H2,1H3,(H3,16,17,18,19). The summed E-state index contributed by atoms with van der Waals surface area (Å²) in [7, 11) is 1.64. The number of methoxy groups -OCH3 is 1. The minimum Gasteiger partial charge on any atom is -0.497 e. The molecule has 0 atom stereocenters. The molecule has 0 unspecified atom stereocenters. The number of nitrogens with two attached hydrogens (primary N) is 1. The molecule has 7 heteroatoms. The molecule has 0 aliphatic rings. The van der Waals surface area contributed by atoms with E-state index in [-0.39, 0.29) is 5.95 Å². The molecular formula is C14H17ClN4O2. The van der Waals surface area contributed by atoms with E-state index in [1.807, 2.05) is 24.3 Å². The number of aromatic nitrogens is 2. The lowest BCUT2D eigenvalue weighted by molar-refractivity contribution is 0.130. The highest BCUT2D eigenvalue weighted by Crippen LogP contribution is 2.13. The first-order chi connectivity index (χ1) is 10.2. The van der Waals surface area contributed by atoms with Crippen LogP contribution in [0.25, 0.3) is 0 Å². The van der Waals surface area contributed by atoms with Crippen molar-refractivity contribution in [2.45, 2.75) is 6.61 Å². The minimum absolute atomic E-state index is 0.143. The van der Waals surface area contributed by atoms with Crippen LogP contribution in [0, 0.1) is 0 Å². The zero-order chi connectivity index (χ0) is 15.1. The molecule has 0 amide bonds. The van der Waals surface area contributed by atoms with Crippen LogP contribution in [0.4, 0.5) is 11.8 Å². The number of rotatable bonds is 7. The third-order valence-corrected chi connectivity index (χ3v) is 2.89. The molecule has 21 heavy (non-hydrogen) atoms. The highest BCUT2D eigenvalue weighted by molar-refractivity contribution is 6.29. The number of benzene rings is 1. The fraction of sp³-hybridized carbons (Fsp3) is 0.286. The molecule has 6 nitrogen and oxygen atoms in total. The Morgan fingerprint density at radius 2 is 2.00 bits per heavy atom. The van der Waals surface area contributed by atoms with Crippen LogP contribution in [0.2, 0.25) is 5.15 Å². The Morgan fingerprint density at radius 1 is 1.24 bits per heavy atom. The second-order valence-electron chi connectivity index (χ2n) is 4.26. The third kappa shape index (κ3) is 5.09. The molecule has 0 bridgehead atoms.